The number of nitrogens with one attached hydrogen (secondary N) is 1. The molecule has 0 radical (unpaired) electrons. The number of hydrogen-bond donors (Lipinski definition) is 2. The van der Waals surface area contributed by atoms with Crippen LogP contribution in [-0.2, 0) is 6.54 Å². The molecule has 0 atom stereocenters. The average molecular weight is 341 g/mol. The fourth-order valence-electron chi connectivity index (χ4n) is 2.53. The molecule has 0 saturated heterocycles. The van der Waals surface area contributed by atoms with Crippen LogP contribution in [0.1, 0.15) is 18.9 Å². The van der Waals surface area contributed by atoms with E-state index in [1.807, 2.05) is 49.4 Å². The number of nitrogens with zero attached hydrogens (tertiary/aromatic N) is 1. The first kappa shape index (κ1) is 17.0. The SMILES string of the molecule is CCOc1ccccc1CN=C(N)Nc1ccc2c(c1)OCCCO2. The molecule has 0 saturated carbocycles. The first-order valence-corrected chi connectivity index (χ1v) is 8.43. The van der Waals surface area contributed by atoms with Gasteiger partial charge in [-0.3, -0.25) is 0 Å². The van der Waals surface area contributed by atoms with Crippen LogP contribution in [0.3, 0.4) is 0 Å². The van der Waals surface area contributed by atoms with Gasteiger partial charge in [0, 0.05) is 23.7 Å². The molecule has 1 heterocycles. The fourth-order valence-corrected chi connectivity index (χ4v) is 2.53. The van der Waals surface area contributed by atoms with Crippen molar-refractivity contribution in [2.75, 3.05) is 25.1 Å². The Kier molecular flexibility index (Phi) is 5.61. The number of rotatable bonds is 5. The maximum atomic E-state index is 6.01. The van der Waals surface area contributed by atoms with Crippen LogP contribution >= 0.6 is 0 Å². The van der Waals surface area contributed by atoms with E-state index in [9.17, 15) is 0 Å². The molecule has 0 spiro atoms. The summed E-state index contributed by atoms with van der Waals surface area (Å²) in [5, 5.41) is 3.09. The number of anilines is 1. The molecule has 2 aromatic carbocycles. The van der Waals surface area contributed by atoms with Crippen molar-refractivity contribution in [3.63, 3.8) is 0 Å². The highest BCUT2D eigenvalue weighted by Gasteiger charge is 2.11. The molecule has 6 nitrogen and oxygen atoms in total. The zero-order valence-corrected chi connectivity index (χ0v) is 14.3. The molecular formula is C19H23N3O3. The Hall–Kier alpha value is -2.89. The van der Waals surface area contributed by atoms with Gasteiger partial charge in [-0.2, -0.15) is 0 Å². The van der Waals surface area contributed by atoms with Gasteiger partial charge in [0.05, 0.1) is 26.4 Å². The van der Waals surface area contributed by atoms with E-state index in [1.165, 1.54) is 0 Å². The van der Waals surface area contributed by atoms with Crippen LogP contribution < -0.4 is 25.3 Å². The first-order chi connectivity index (χ1) is 12.3. The molecule has 1 aliphatic heterocycles. The van der Waals surface area contributed by atoms with Crippen molar-refractivity contribution in [1.82, 2.24) is 0 Å². The van der Waals surface area contributed by atoms with Gasteiger partial charge in [0.25, 0.3) is 0 Å². The van der Waals surface area contributed by atoms with Crippen LogP contribution in [-0.4, -0.2) is 25.8 Å². The van der Waals surface area contributed by atoms with Gasteiger partial charge in [-0.25, -0.2) is 4.99 Å². The Labute approximate surface area is 147 Å². The van der Waals surface area contributed by atoms with Gasteiger partial charge in [-0.15, -0.1) is 0 Å². The van der Waals surface area contributed by atoms with Gasteiger partial charge in [0.1, 0.15) is 5.75 Å². The summed E-state index contributed by atoms with van der Waals surface area (Å²) in [6, 6.07) is 13.5. The molecule has 0 unspecified atom stereocenters. The quantitative estimate of drug-likeness (QED) is 0.645. The van der Waals surface area contributed by atoms with Gasteiger partial charge < -0.3 is 25.3 Å². The third-order valence-electron chi connectivity index (χ3n) is 3.71. The smallest absolute Gasteiger partial charge is 0.193 e. The lowest BCUT2D eigenvalue weighted by atomic mass is 10.2. The van der Waals surface area contributed by atoms with Crippen LogP contribution in [0.4, 0.5) is 5.69 Å². The Balaban J connectivity index is 1.67. The van der Waals surface area contributed by atoms with Crippen LogP contribution in [0.25, 0.3) is 0 Å². The number of benzene rings is 2. The standard InChI is InChI=1S/C19H23N3O3/c1-2-23-16-7-4-3-6-14(16)13-21-19(20)22-15-8-9-17-18(12-15)25-11-5-10-24-17/h3-4,6-9,12H,2,5,10-11,13H2,1H3,(H3,20,21,22). The normalized spacial score (nSPS) is 13.9. The van der Waals surface area contributed by atoms with Crippen molar-refractivity contribution in [3.8, 4) is 17.2 Å². The first-order valence-electron chi connectivity index (χ1n) is 8.43. The molecule has 2 aromatic rings. The summed E-state index contributed by atoms with van der Waals surface area (Å²) in [4.78, 5) is 4.39. The highest BCUT2D eigenvalue weighted by atomic mass is 16.5. The fraction of sp³-hybridized carbons (Fsp3) is 0.316. The summed E-state index contributed by atoms with van der Waals surface area (Å²) in [5.41, 5.74) is 7.81. The predicted octanol–water partition coefficient (Wildman–Crippen LogP) is 3.17. The van der Waals surface area contributed by atoms with Crippen LogP contribution in [0, 0.1) is 0 Å². The Bertz CT molecular complexity index is 746. The summed E-state index contributed by atoms with van der Waals surface area (Å²) in [5.74, 6) is 2.64. The van der Waals surface area contributed by atoms with E-state index in [0.717, 1.165) is 34.9 Å². The van der Waals surface area contributed by atoms with Gasteiger partial charge in [-0.05, 0) is 25.1 Å². The molecule has 6 heteroatoms. The Morgan fingerprint density at radius 1 is 1.16 bits per heavy atom. The van der Waals surface area contributed by atoms with Crippen molar-refractivity contribution >= 4 is 11.6 Å². The zero-order valence-electron chi connectivity index (χ0n) is 14.3. The Morgan fingerprint density at radius 3 is 2.80 bits per heavy atom. The van der Waals surface area contributed by atoms with Crippen molar-refractivity contribution in [1.29, 1.82) is 0 Å². The van der Waals surface area contributed by atoms with Crippen LogP contribution in [0.2, 0.25) is 0 Å². The summed E-state index contributed by atoms with van der Waals surface area (Å²) in [7, 11) is 0. The maximum Gasteiger partial charge on any atom is 0.193 e. The number of para-hydroxylation sites is 1. The molecule has 0 fully saturated rings. The zero-order chi connectivity index (χ0) is 17.5. The molecule has 3 N–H and O–H groups in total. The third-order valence-corrected chi connectivity index (χ3v) is 3.71. The second-order valence-corrected chi connectivity index (χ2v) is 5.58. The third kappa shape index (κ3) is 4.56. The van der Waals surface area contributed by atoms with Gasteiger partial charge in [0.15, 0.2) is 17.5 Å². The topological polar surface area (TPSA) is 78.1 Å². The van der Waals surface area contributed by atoms with Gasteiger partial charge in [0.2, 0.25) is 0 Å². The van der Waals surface area contributed by atoms with Crippen molar-refractivity contribution in [2.24, 2.45) is 10.7 Å². The largest absolute Gasteiger partial charge is 0.494 e. The average Bonchev–Trinajstić information content (AvgIpc) is 2.86. The number of guanidine groups is 1. The minimum atomic E-state index is 0.334. The minimum Gasteiger partial charge on any atom is -0.494 e. The van der Waals surface area contributed by atoms with E-state index in [1.54, 1.807) is 0 Å². The number of ether oxygens (including phenoxy) is 3. The number of nitrogens with two attached hydrogens (primary N) is 1. The lowest BCUT2D eigenvalue weighted by Gasteiger charge is -2.11. The maximum absolute atomic E-state index is 6.01. The second-order valence-electron chi connectivity index (χ2n) is 5.58. The van der Waals surface area contributed by atoms with E-state index < -0.39 is 0 Å². The van der Waals surface area contributed by atoms with Crippen molar-refractivity contribution in [3.05, 3.63) is 48.0 Å². The molecule has 0 amide bonds. The van der Waals surface area contributed by atoms with E-state index >= 15 is 0 Å². The lowest BCUT2D eigenvalue weighted by molar-refractivity contribution is 0.297. The molecule has 25 heavy (non-hydrogen) atoms. The Morgan fingerprint density at radius 2 is 1.96 bits per heavy atom. The number of fused-ring (bicyclic) bond motifs is 1. The van der Waals surface area contributed by atoms with E-state index in [0.29, 0.717) is 32.3 Å². The lowest BCUT2D eigenvalue weighted by Crippen LogP contribution is -2.22. The second kappa shape index (κ2) is 8.28. The minimum absolute atomic E-state index is 0.334. The van der Waals surface area contributed by atoms with Crippen LogP contribution in [0.15, 0.2) is 47.5 Å². The summed E-state index contributed by atoms with van der Waals surface area (Å²) in [6.45, 7) is 4.34. The molecular weight excluding hydrogens is 318 g/mol. The summed E-state index contributed by atoms with van der Waals surface area (Å²) >= 11 is 0. The number of hydrogen-bond acceptors (Lipinski definition) is 4. The van der Waals surface area contributed by atoms with Gasteiger partial charge >= 0.3 is 0 Å². The monoisotopic (exact) mass is 341 g/mol. The summed E-state index contributed by atoms with van der Waals surface area (Å²) < 4.78 is 16.9. The number of aliphatic imine (C=N–C) groups is 1. The van der Waals surface area contributed by atoms with Crippen molar-refractivity contribution < 1.29 is 14.2 Å². The van der Waals surface area contributed by atoms with Crippen LogP contribution in [0.5, 0.6) is 17.2 Å². The highest BCUT2D eigenvalue weighted by molar-refractivity contribution is 5.92. The molecule has 3 rings (SSSR count). The molecule has 0 aliphatic carbocycles. The van der Waals surface area contributed by atoms with Crippen molar-refractivity contribution in [2.45, 2.75) is 19.9 Å². The molecule has 0 aromatic heterocycles. The van der Waals surface area contributed by atoms with E-state index in [-0.39, 0.29) is 0 Å². The van der Waals surface area contributed by atoms with E-state index in [2.05, 4.69) is 10.3 Å². The summed E-state index contributed by atoms with van der Waals surface area (Å²) in [6.07, 6.45) is 0.875. The molecule has 0 bridgehead atoms. The van der Waals surface area contributed by atoms with E-state index in [4.69, 9.17) is 19.9 Å². The molecule has 132 valence electrons. The van der Waals surface area contributed by atoms with Gasteiger partial charge in [-0.1, -0.05) is 18.2 Å². The predicted molar refractivity (Wildman–Crippen MR) is 98.6 cm³/mol. The highest BCUT2D eigenvalue weighted by Crippen LogP contribution is 2.32. The molecule has 1 aliphatic rings.